The predicted octanol–water partition coefficient (Wildman–Crippen LogP) is 5.49. The second kappa shape index (κ2) is 11.7. The van der Waals surface area contributed by atoms with Crippen LogP contribution >= 0.6 is 11.6 Å². The summed E-state index contributed by atoms with van der Waals surface area (Å²) in [6, 6.07) is 12.3. The number of nitrogens with one attached hydrogen (secondary N) is 1. The molecule has 34 heavy (non-hydrogen) atoms. The molecule has 0 heterocycles. The molecule has 1 fully saturated rings. The summed E-state index contributed by atoms with van der Waals surface area (Å²) < 4.78 is 5.21. The number of carbonyl (C=O) groups is 2. The quantitative estimate of drug-likeness (QED) is 0.491. The van der Waals surface area contributed by atoms with Crippen molar-refractivity contribution in [3.63, 3.8) is 0 Å². The van der Waals surface area contributed by atoms with E-state index in [-0.39, 0.29) is 23.1 Å². The minimum absolute atomic E-state index is 0.0528. The van der Waals surface area contributed by atoms with Gasteiger partial charge in [-0.1, -0.05) is 50.8 Å². The van der Waals surface area contributed by atoms with Gasteiger partial charge in [0, 0.05) is 35.3 Å². The van der Waals surface area contributed by atoms with Gasteiger partial charge in [-0.2, -0.15) is 0 Å². The molecule has 184 valence electrons. The van der Waals surface area contributed by atoms with Gasteiger partial charge in [0.2, 0.25) is 5.91 Å². The first-order chi connectivity index (χ1) is 16.2. The van der Waals surface area contributed by atoms with Crippen molar-refractivity contribution in [3.05, 3.63) is 58.6 Å². The summed E-state index contributed by atoms with van der Waals surface area (Å²) in [4.78, 5) is 28.1. The Hall–Kier alpha value is -2.57. The standard InChI is InChI=1S/C27H36ClN3O3/c1-27(2,17-29)18-31(26(33)19-8-5-4-6-9-19)16-21-14-22(12-13-24(21)28)30-25(32)20-10-7-11-23(15-20)34-3/h7,10-15,19H,4-6,8-9,16-18,29H2,1-3H3,(H,30,32). The SMILES string of the molecule is COc1cccc(C(=O)Nc2ccc(Cl)c(CN(CC(C)(C)CN)C(=O)C3CCCCC3)c2)c1. The molecule has 0 unspecified atom stereocenters. The van der Waals surface area contributed by atoms with E-state index < -0.39 is 0 Å². The molecular formula is C27H36ClN3O3. The summed E-state index contributed by atoms with van der Waals surface area (Å²) in [7, 11) is 1.56. The third-order valence-corrected chi connectivity index (χ3v) is 6.80. The van der Waals surface area contributed by atoms with Crippen LogP contribution in [0.4, 0.5) is 5.69 Å². The van der Waals surface area contributed by atoms with E-state index in [9.17, 15) is 9.59 Å². The Bertz CT molecular complexity index is 1000. The fourth-order valence-corrected chi connectivity index (χ4v) is 4.52. The van der Waals surface area contributed by atoms with E-state index in [1.807, 2.05) is 11.0 Å². The minimum atomic E-state index is -0.244. The van der Waals surface area contributed by atoms with Crippen molar-refractivity contribution in [2.45, 2.75) is 52.5 Å². The maximum absolute atomic E-state index is 13.5. The number of halogens is 1. The second-order valence-electron chi connectivity index (χ2n) is 9.89. The zero-order valence-corrected chi connectivity index (χ0v) is 21.2. The van der Waals surface area contributed by atoms with Gasteiger partial charge in [-0.3, -0.25) is 9.59 Å². The fourth-order valence-electron chi connectivity index (χ4n) is 4.35. The van der Waals surface area contributed by atoms with Crippen LogP contribution in [0.2, 0.25) is 5.02 Å². The van der Waals surface area contributed by atoms with E-state index in [0.717, 1.165) is 31.2 Å². The minimum Gasteiger partial charge on any atom is -0.497 e. The molecule has 0 radical (unpaired) electrons. The number of rotatable bonds is 9. The summed E-state index contributed by atoms with van der Waals surface area (Å²) in [5.41, 5.74) is 7.69. The number of amides is 2. The van der Waals surface area contributed by atoms with Gasteiger partial charge >= 0.3 is 0 Å². The van der Waals surface area contributed by atoms with E-state index in [1.54, 1.807) is 43.5 Å². The first-order valence-electron chi connectivity index (χ1n) is 11.9. The largest absolute Gasteiger partial charge is 0.497 e. The Kier molecular flexibility index (Phi) is 8.97. The highest BCUT2D eigenvalue weighted by atomic mass is 35.5. The molecule has 0 atom stereocenters. The van der Waals surface area contributed by atoms with Crippen molar-refractivity contribution in [3.8, 4) is 5.75 Å². The maximum Gasteiger partial charge on any atom is 0.255 e. The van der Waals surface area contributed by atoms with Crippen molar-refractivity contribution in [1.82, 2.24) is 4.90 Å². The Morgan fingerprint density at radius 1 is 1.15 bits per heavy atom. The van der Waals surface area contributed by atoms with Gasteiger partial charge in [-0.25, -0.2) is 0 Å². The zero-order chi connectivity index (χ0) is 24.7. The average Bonchev–Trinajstić information content (AvgIpc) is 2.85. The van der Waals surface area contributed by atoms with Crippen molar-refractivity contribution in [2.24, 2.45) is 17.1 Å². The lowest BCUT2D eigenvalue weighted by atomic mass is 9.86. The zero-order valence-electron chi connectivity index (χ0n) is 20.4. The number of anilines is 1. The van der Waals surface area contributed by atoms with Gasteiger partial charge in [0.15, 0.2) is 0 Å². The topological polar surface area (TPSA) is 84.7 Å². The average molecular weight is 486 g/mol. The Morgan fingerprint density at radius 2 is 1.88 bits per heavy atom. The molecule has 3 rings (SSSR count). The predicted molar refractivity (Wildman–Crippen MR) is 137 cm³/mol. The van der Waals surface area contributed by atoms with Gasteiger partial charge in [0.25, 0.3) is 5.91 Å². The third-order valence-electron chi connectivity index (χ3n) is 6.43. The van der Waals surface area contributed by atoms with Gasteiger partial charge in [0.1, 0.15) is 5.75 Å². The molecule has 0 spiro atoms. The lowest BCUT2D eigenvalue weighted by Crippen LogP contribution is -2.44. The van der Waals surface area contributed by atoms with E-state index in [4.69, 9.17) is 22.1 Å². The number of carbonyl (C=O) groups excluding carboxylic acids is 2. The van der Waals surface area contributed by atoms with Gasteiger partial charge < -0.3 is 20.7 Å². The molecule has 0 aromatic heterocycles. The van der Waals surface area contributed by atoms with Crippen LogP contribution < -0.4 is 15.8 Å². The molecule has 1 aliphatic carbocycles. The Morgan fingerprint density at radius 3 is 2.56 bits per heavy atom. The van der Waals surface area contributed by atoms with Crippen molar-refractivity contribution < 1.29 is 14.3 Å². The third kappa shape index (κ3) is 6.97. The Balaban J connectivity index is 1.80. The van der Waals surface area contributed by atoms with Crippen LogP contribution in [0.25, 0.3) is 0 Å². The summed E-state index contributed by atoms with van der Waals surface area (Å²) in [6.07, 6.45) is 5.25. The van der Waals surface area contributed by atoms with Crippen LogP contribution in [-0.4, -0.2) is 36.9 Å². The van der Waals surface area contributed by atoms with Gasteiger partial charge in [-0.15, -0.1) is 0 Å². The smallest absolute Gasteiger partial charge is 0.255 e. The van der Waals surface area contributed by atoms with Crippen molar-refractivity contribution in [2.75, 3.05) is 25.5 Å². The van der Waals surface area contributed by atoms with E-state index in [0.29, 0.717) is 41.7 Å². The normalized spacial score (nSPS) is 14.5. The molecule has 1 saturated carbocycles. The first-order valence-corrected chi connectivity index (χ1v) is 12.3. The summed E-state index contributed by atoms with van der Waals surface area (Å²) in [5, 5.41) is 3.49. The molecule has 0 bridgehead atoms. The molecule has 2 aromatic rings. The van der Waals surface area contributed by atoms with Crippen molar-refractivity contribution >= 4 is 29.1 Å². The van der Waals surface area contributed by atoms with E-state index in [2.05, 4.69) is 19.2 Å². The van der Waals surface area contributed by atoms with Crippen LogP contribution in [0.5, 0.6) is 5.75 Å². The molecule has 0 aliphatic heterocycles. The van der Waals surface area contributed by atoms with Crippen LogP contribution in [0.3, 0.4) is 0 Å². The summed E-state index contributed by atoms with van der Waals surface area (Å²) in [6.45, 7) is 5.54. The van der Waals surface area contributed by atoms with Crippen LogP contribution in [0.1, 0.15) is 61.9 Å². The second-order valence-corrected chi connectivity index (χ2v) is 10.3. The number of ether oxygens (including phenoxy) is 1. The molecule has 6 nitrogen and oxygen atoms in total. The lowest BCUT2D eigenvalue weighted by molar-refractivity contribution is -0.138. The van der Waals surface area contributed by atoms with Crippen molar-refractivity contribution in [1.29, 1.82) is 0 Å². The molecule has 1 aliphatic rings. The molecule has 3 N–H and O–H groups in total. The lowest BCUT2D eigenvalue weighted by Gasteiger charge is -2.35. The van der Waals surface area contributed by atoms with Crippen LogP contribution in [0, 0.1) is 11.3 Å². The van der Waals surface area contributed by atoms with Gasteiger partial charge in [0.05, 0.1) is 7.11 Å². The Labute approximate surface area is 207 Å². The van der Waals surface area contributed by atoms with Gasteiger partial charge in [-0.05, 0) is 66.8 Å². The van der Waals surface area contributed by atoms with E-state index in [1.165, 1.54) is 6.42 Å². The number of benzene rings is 2. The summed E-state index contributed by atoms with van der Waals surface area (Å²) in [5.74, 6) is 0.593. The van der Waals surface area contributed by atoms with E-state index >= 15 is 0 Å². The number of nitrogens with two attached hydrogens (primary N) is 1. The highest BCUT2D eigenvalue weighted by molar-refractivity contribution is 6.31. The molecule has 0 saturated heterocycles. The summed E-state index contributed by atoms with van der Waals surface area (Å²) >= 11 is 6.54. The molecule has 7 heteroatoms. The first kappa shape index (κ1) is 26.0. The highest BCUT2D eigenvalue weighted by Crippen LogP contribution is 2.30. The number of methoxy groups -OCH3 is 1. The fraction of sp³-hybridized carbons (Fsp3) is 0.481. The molecule has 2 amide bonds. The highest BCUT2D eigenvalue weighted by Gasteiger charge is 2.30. The maximum atomic E-state index is 13.5. The number of nitrogens with zero attached hydrogens (tertiary/aromatic N) is 1. The number of hydrogen-bond acceptors (Lipinski definition) is 4. The molecule has 2 aromatic carbocycles. The van der Waals surface area contributed by atoms with Crippen LogP contribution in [0.15, 0.2) is 42.5 Å². The van der Waals surface area contributed by atoms with Crippen LogP contribution in [-0.2, 0) is 11.3 Å². The molecular weight excluding hydrogens is 450 g/mol. The monoisotopic (exact) mass is 485 g/mol. The number of hydrogen-bond donors (Lipinski definition) is 2.